The molecule has 2 aliphatic rings. The number of hydrogen-bond acceptors (Lipinski definition) is 5. The van der Waals surface area contributed by atoms with Crippen molar-refractivity contribution in [2.75, 3.05) is 26.7 Å². The number of aryl methyl sites for hydroxylation is 1. The summed E-state index contributed by atoms with van der Waals surface area (Å²) in [5, 5.41) is 8.68. The highest BCUT2D eigenvalue weighted by Gasteiger charge is 2.33. The molecule has 2 atom stereocenters. The zero-order valence-corrected chi connectivity index (χ0v) is 17.3. The first-order valence-electron chi connectivity index (χ1n) is 10.9. The smallest absolute Gasteiger partial charge is 0.277 e. The Labute approximate surface area is 171 Å². The number of fused-ring (bicyclic) bond motifs is 2. The van der Waals surface area contributed by atoms with Crippen LogP contribution in [0.25, 0.3) is 10.9 Å². The third-order valence-electron chi connectivity index (χ3n) is 6.55. The average Bonchev–Trinajstić information content (AvgIpc) is 2.75. The predicted molar refractivity (Wildman–Crippen MR) is 113 cm³/mol. The summed E-state index contributed by atoms with van der Waals surface area (Å²) in [6.07, 6.45) is 7.39. The van der Waals surface area contributed by atoms with Crippen molar-refractivity contribution < 1.29 is 4.79 Å². The quantitative estimate of drug-likeness (QED) is 0.748. The Hall–Kier alpha value is -2.28. The van der Waals surface area contributed by atoms with E-state index < -0.39 is 0 Å². The van der Waals surface area contributed by atoms with Gasteiger partial charge >= 0.3 is 0 Å². The second kappa shape index (κ2) is 9.03. The van der Waals surface area contributed by atoms with Gasteiger partial charge in [-0.3, -0.25) is 9.59 Å². The molecule has 156 valence electrons. The van der Waals surface area contributed by atoms with Gasteiger partial charge in [-0.1, -0.05) is 23.8 Å². The first kappa shape index (κ1) is 20.0. The van der Waals surface area contributed by atoms with Crippen molar-refractivity contribution in [1.29, 1.82) is 0 Å². The van der Waals surface area contributed by atoms with Gasteiger partial charge in [-0.05, 0) is 63.2 Å². The van der Waals surface area contributed by atoms with Crippen molar-refractivity contribution in [1.82, 2.24) is 24.8 Å². The second-order valence-corrected chi connectivity index (χ2v) is 8.51. The van der Waals surface area contributed by atoms with Crippen LogP contribution in [0.4, 0.5) is 0 Å². The van der Waals surface area contributed by atoms with E-state index in [9.17, 15) is 9.59 Å². The predicted octanol–water partition coefficient (Wildman–Crippen LogP) is 2.29. The lowest BCUT2D eigenvalue weighted by Crippen LogP contribution is -2.51. The number of rotatable bonds is 6. The highest BCUT2D eigenvalue weighted by molar-refractivity contribution is 5.76. The first-order chi connectivity index (χ1) is 14.1. The van der Waals surface area contributed by atoms with E-state index in [-0.39, 0.29) is 11.5 Å². The van der Waals surface area contributed by atoms with Crippen LogP contribution in [0.2, 0.25) is 0 Å². The number of nitrogens with zero attached hydrogens (tertiary/aromatic N) is 5. The third-order valence-corrected chi connectivity index (χ3v) is 6.55. The summed E-state index contributed by atoms with van der Waals surface area (Å²) < 4.78 is 1.37. The summed E-state index contributed by atoms with van der Waals surface area (Å²) in [5.41, 5.74) is 0.463. The Balaban J connectivity index is 1.29. The SMILES string of the molecule is CN(C[C@@H]1CCCN2CCCC[C@H]12)C(=O)CCCn1nnc2ccccc2c1=O. The van der Waals surface area contributed by atoms with Crippen molar-refractivity contribution >= 4 is 16.8 Å². The molecule has 0 unspecified atom stereocenters. The Morgan fingerprint density at radius 3 is 2.90 bits per heavy atom. The van der Waals surface area contributed by atoms with Gasteiger partial charge in [0, 0.05) is 32.6 Å². The van der Waals surface area contributed by atoms with Crippen molar-refractivity contribution in [2.24, 2.45) is 5.92 Å². The molecule has 1 aromatic carbocycles. The lowest BCUT2D eigenvalue weighted by molar-refractivity contribution is -0.131. The number of carbonyl (C=O) groups excluding carboxylic acids is 1. The molecule has 2 saturated heterocycles. The minimum Gasteiger partial charge on any atom is -0.345 e. The fourth-order valence-electron chi connectivity index (χ4n) is 4.98. The normalized spacial score (nSPS) is 22.4. The molecule has 29 heavy (non-hydrogen) atoms. The van der Waals surface area contributed by atoms with E-state index in [1.807, 2.05) is 24.1 Å². The molecule has 2 fully saturated rings. The fraction of sp³-hybridized carbons (Fsp3) is 0.636. The first-order valence-corrected chi connectivity index (χ1v) is 10.9. The number of aromatic nitrogens is 3. The zero-order chi connectivity index (χ0) is 20.2. The molecule has 7 nitrogen and oxygen atoms in total. The fourth-order valence-corrected chi connectivity index (χ4v) is 4.98. The largest absolute Gasteiger partial charge is 0.345 e. The van der Waals surface area contributed by atoms with Crippen LogP contribution in [0.15, 0.2) is 29.1 Å². The number of carbonyl (C=O) groups is 1. The van der Waals surface area contributed by atoms with E-state index in [1.54, 1.807) is 12.1 Å². The number of piperidine rings is 2. The zero-order valence-electron chi connectivity index (χ0n) is 17.3. The van der Waals surface area contributed by atoms with E-state index in [1.165, 1.54) is 49.9 Å². The minimum absolute atomic E-state index is 0.143. The van der Waals surface area contributed by atoms with E-state index in [0.29, 0.717) is 42.2 Å². The van der Waals surface area contributed by atoms with Gasteiger partial charge in [0.2, 0.25) is 5.91 Å². The standard InChI is InChI=1S/C22H31N5O2/c1-25(16-17-8-6-14-26-13-5-4-11-20(17)26)21(28)12-7-15-27-22(29)18-9-2-3-10-19(18)23-24-27/h2-3,9-10,17,20H,4-8,11-16H2,1H3/t17-,20+/m0/s1. The number of amides is 1. The monoisotopic (exact) mass is 397 g/mol. The molecule has 7 heteroatoms. The molecule has 1 aromatic heterocycles. The van der Waals surface area contributed by atoms with Gasteiger partial charge in [0.05, 0.1) is 5.39 Å². The molecular formula is C22H31N5O2. The van der Waals surface area contributed by atoms with E-state index in [4.69, 9.17) is 0 Å². The van der Waals surface area contributed by atoms with Crippen molar-refractivity contribution in [2.45, 2.75) is 57.5 Å². The molecule has 3 heterocycles. The van der Waals surface area contributed by atoms with Crippen LogP contribution in [-0.2, 0) is 11.3 Å². The van der Waals surface area contributed by atoms with Crippen LogP contribution >= 0.6 is 0 Å². The molecule has 0 radical (unpaired) electrons. The van der Waals surface area contributed by atoms with Gasteiger partial charge in [0.25, 0.3) is 5.56 Å². The van der Waals surface area contributed by atoms with Crippen LogP contribution < -0.4 is 5.56 Å². The maximum absolute atomic E-state index is 12.7. The van der Waals surface area contributed by atoms with E-state index in [0.717, 1.165) is 6.54 Å². The summed E-state index contributed by atoms with van der Waals surface area (Å²) in [4.78, 5) is 29.7. The topological polar surface area (TPSA) is 71.3 Å². The molecule has 0 aliphatic carbocycles. The second-order valence-electron chi connectivity index (χ2n) is 8.51. The van der Waals surface area contributed by atoms with Gasteiger partial charge in [0.1, 0.15) is 5.52 Å². The Morgan fingerprint density at radius 1 is 1.17 bits per heavy atom. The molecule has 2 aliphatic heterocycles. The minimum atomic E-state index is -0.143. The van der Waals surface area contributed by atoms with Gasteiger partial charge in [0.15, 0.2) is 0 Å². The lowest BCUT2D eigenvalue weighted by Gasteiger charge is -2.45. The Kier molecular flexibility index (Phi) is 6.23. The maximum atomic E-state index is 12.7. The summed E-state index contributed by atoms with van der Waals surface area (Å²) in [7, 11) is 1.92. The molecule has 0 spiro atoms. The molecule has 0 N–H and O–H groups in total. The molecule has 2 aromatic rings. The van der Waals surface area contributed by atoms with Gasteiger partial charge in [-0.25, -0.2) is 4.68 Å². The average molecular weight is 398 g/mol. The Bertz CT molecular complexity index is 909. The van der Waals surface area contributed by atoms with E-state index in [2.05, 4.69) is 15.2 Å². The summed E-state index contributed by atoms with van der Waals surface area (Å²) in [5.74, 6) is 0.742. The van der Waals surface area contributed by atoms with Crippen molar-refractivity contribution in [3.05, 3.63) is 34.6 Å². The molecular weight excluding hydrogens is 366 g/mol. The van der Waals surface area contributed by atoms with Crippen LogP contribution in [0.3, 0.4) is 0 Å². The number of hydrogen-bond donors (Lipinski definition) is 0. The molecule has 1 amide bonds. The van der Waals surface area contributed by atoms with Gasteiger partial charge in [-0.15, -0.1) is 5.10 Å². The van der Waals surface area contributed by atoms with Crippen molar-refractivity contribution in [3.63, 3.8) is 0 Å². The lowest BCUT2D eigenvalue weighted by atomic mass is 9.83. The molecule has 4 rings (SSSR count). The van der Waals surface area contributed by atoms with Crippen LogP contribution in [-0.4, -0.2) is 63.4 Å². The van der Waals surface area contributed by atoms with Crippen molar-refractivity contribution in [3.8, 4) is 0 Å². The molecule has 0 bridgehead atoms. The van der Waals surface area contributed by atoms with Crippen LogP contribution in [0.5, 0.6) is 0 Å². The van der Waals surface area contributed by atoms with Gasteiger partial charge in [-0.2, -0.15) is 0 Å². The van der Waals surface area contributed by atoms with E-state index >= 15 is 0 Å². The summed E-state index contributed by atoms with van der Waals surface area (Å²) >= 11 is 0. The summed E-state index contributed by atoms with van der Waals surface area (Å²) in [6.45, 7) is 3.70. The summed E-state index contributed by atoms with van der Waals surface area (Å²) in [6, 6.07) is 7.87. The highest BCUT2D eigenvalue weighted by atomic mass is 16.2. The van der Waals surface area contributed by atoms with Crippen LogP contribution in [0, 0.1) is 5.92 Å². The van der Waals surface area contributed by atoms with Crippen LogP contribution in [0.1, 0.15) is 44.9 Å². The Morgan fingerprint density at radius 2 is 2.00 bits per heavy atom. The number of benzene rings is 1. The third kappa shape index (κ3) is 4.50. The molecule has 0 saturated carbocycles. The van der Waals surface area contributed by atoms with Gasteiger partial charge < -0.3 is 9.80 Å². The highest BCUT2D eigenvalue weighted by Crippen LogP contribution is 2.31. The maximum Gasteiger partial charge on any atom is 0.277 e.